The Morgan fingerprint density at radius 1 is 0.964 bits per heavy atom. The predicted molar refractivity (Wildman–Crippen MR) is 101 cm³/mol. The van der Waals surface area contributed by atoms with Gasteiger partial charge in [-0.15, -0.1) is 0 Å². The Labute approximate surface area is 163 Å². The third kappa shape index (κ3) is 4.04. The maximum atomic E-state index is 12.9. The first kappa shape index (κ1) is 18.9. The fraction of sp³-hybridized carbons (Fsp3) is 0.350. The highest BCUT2D eigenvalue weighted by molar-refractivity contribution is 7.89. The Bertz CT molecular complexity index is 918. The van der Waals surface area contributed by atoms with Crippen LogP contribution in [0.4, 0.5) is 4.79 Å². The van der Waals surface area contributed by atoms with Gasteiger partial charge in [-0.05, 0) is 11.1 Å². The smallest absolute Gasteiger partial charge is 0.426 e. The van der Waals surface area contributed by atoms with Crippen LogP contribution in [0.25, 0.3) is 0 Å². The average Bonchev–Trinajstić information content (AvgIpc) is 3.04. The van der Waals surface area contributed by atoms with Gasteiger partial charge in [-0.2, -0.15) is 4.31 Å². The molecule has 0 N–H and O–H groups in total. The molecule has 2 aromatic carbocycles. The molecule has 4 rings (SSSR count). The molecular weight excluding hydrogens is 382 g/mol. The van der Waals surface area contributed by atoms with E-state index >= 15 is 0 Å². The van der Waals surface area contributed by atoms with E-state index in [4.69, 9.17) is 14.2 Å². The van der Waals surface area contributed by atoms with Crippen LogP contribution in [-0.4, -0.2) is 49.5 Å². The maximum absolute atomic E-state index is 12.9. The summed E-state index contributed by atoms with van der Waals surface area (Å²) in [6.07, 6.45) is -2.33. The minimum absolute atomic E-state index is 0.0960. The van der Waals surface area contributed by atoms with Gasteiger partial charge in [-0.25, -0.2) is 13.2 Å². The van der Waals surface area contributed by atoms with Gasteiger partial charge in [-0.3, -0.25) is 0 Å². The van der Waals surface area contributed by atoms with Crippen molar-refractivity contribution in [2.75, 3.05) is 12.4 Å². The largest absolute Gasteiger partial charge is 0.509 e. The molecule has 2 aliphatic rings. The number of fused-ring (bicyclic) bond motifs is 1. The molecule has 8 heteroatoms. The fourth-order valence-electron chi connectivity index (χ4n) is 3.56. The second-order valence-electron chi connectivity index (χ2n) is 6.87. The number of ether oxygens (including phenoxy) is 3. The van der Waals surface area contributed by atoms with Crippen molar-refractivity contribution in [3.8, 4) is 0 Å². The summed E-state index contributed by atoms with van der Waals surface area (Å²) in [6, 6.07) is 18.3. The zero-order valence-electron chi connectivity index (χ0n) is 15.1. The van der Waals surface area contributed by atoms with Crippen LogP contribution in [-0.2, 0) is 37.4 Å². The maximum Gasteiger partial charge on any atom is 0.509 e. The van der Waals surface area contributed by atoms with E-state index in [-0.39, 0.29) is 18.9 Å². The van der Waals surface area contributed by atoms with E-state index in [9.17, 15) is 13.2 Å². The van der Waals surface area contributed by atoms with Crippen LogP contribution in [0, 0.1) is 0 Å². The van der Waals surface area contributed by atoms with E-state index in [1.807, 2.05) is 60.7 Å². The molecule has 28 heavy (non-hydrogen) atoms. The van der Waals surface area contributed by atoms with Crippen molar-refractivity contribution in [1.82, 2.24) is 4.31 Å². The summed E-state index contributed by atoms with van der Waals surface area (Å²) in [6.45, 7) is 0.616. The van der Waals surface area contributed by atoms with Crippen molar-refractivity contribution in [2.45, 2.75) is 31.4 Å². The van der Waals surface area contributed by atoms with Crippen molar-refractivity contribution in [3.05, 3.63) is 71.8 Å². The molecule has 2 saturated heterocycles. The molecule has 0 amide bonds. The van der Waals surface area contributed by atoms with Crippen molar-refractivity contribution < 1.29 is 27.4 Å². The van der Waals surface area contributed by atoms with Crippen molar-refractivity contribution in [1.29, 1.82) is 0 Å². The van der Waals surface area contributed by atoms with Crippen molar-refractivity contribution in [3.63, 3.8) is 0 Å². The summed E-state index contributed by atoms with van der Waals surface area (Å²) in [5.74, 6) is -0.286. The summed E-state index contributed by atoms with van der Waals surface area (Å²) < 4.78 is 43.4. The highest BCUT2D eigenvalue weighted by Gasteiger charge is 2.53. The normalized spacial score (nSPS) is 26.3. The summed E-state index contributed by atoms with van der Waals surface area (Å²) in [7, 11) is -3.65. The molecule has 0 bridgehead atoms. The van der Waals surface area contributed by atoms with E-state index in [0.29, 0.717) is 6.61 Å². The summed E-state index contributed by atoms with van der Waals surface area (Å²) in [5.41, 5.74) is 1.83. The number of rotatable bonds is 6. The van der Waals surface area contributed by atoms with Gasteiger partial charge in [0.2, 0.25) is 10.0 Å². The van der Waals surface area contributed by atoms with Crippen LogP contribution in [0.5, 0.6) is 0 Å². The number of benzene rings is 2. The molecule has 0 saturated carbocycles. The quantitative estimate of drug-likeness (QED) is 0.689. The van der Waals surface area contributed by atoms with E-state index in [0.717, 1.165) is 11.1 Å². The Balaban J connectivity index is 1.55. The minimum Gasteiger partial charge on any atom is -0.426 e. The van der Waals surface area contributed by atoms with Gasteiger partial charge < -0.3 is 14.2 Å². The summed E-state index contributed by atoms with van der Waals surface area (Å²) in [5, 5.41) is 0. The zero-order chi connectivity index (χ0) is 19.6. The summed E-state index contributed by atoms with van der Waals surface area (Å²) >= 11 is 0. The van der Waals surface area contributed by atoms with Crippen LogP contribution in [0.2, 0.25) is 0 Å². The number of carbonyl (C=O) groups is 1. The average molecular weight is 403 g/mol. The Morgan fingerprint density at radius 2 is 1.61 bits per heavy atom. The highest BCUT2D eigenvalue weighted by Crippen LogP contribution is 2.32. The van der Waals surface area contributed by atoms with Crippen molar-refractivity contribution >= 4 is 16.2 Å². The van der Waals surface area contributed by atoms with Crippen LogP contribution in [0.3, 0.4) is 0 Å². The molecule has 0 radical (unpaired) electrons. The Kier molecular flexibility index (Phi) is 5.34. The molecule has 0 aromatic heterocycles. The molecule has 2 heterocycles. The lowest BCUT2D eigenvalue weighted by molar-refractivity contribution is 0.00238. The first-order valence-corrected chi connectivity index (χ1v) is 10.7. The molecule has 7 nitrogen and oxygen atoms in total. The molecular formula is C20H21NO6S. The lowest BCUT2D eigenvalue weighted by Gasteiger charge is -2.39. The highest BCUT2D eigenvalue weighted by atomic mass is 32.2. The molecule has 3 atom stereocenters. The summed E-state index contributed by atoms with van der Waals surface area (Å²) in [4.78, 5) is 11.6. The van der Waals surface area contributed by atoms with E-state index < -0.39 is 34.4 Å². The molecule has 2 fully saturated rings. The van der Waals surface area contributed by atoms with Gasteiger partial charge >= 0.3 is 6.16 Å². The number of hydrogen-bond donors (Lipinski definition) is 0. The number of hydrogen-bond acceptors (Lipinski definition) is 6. The SMILES string of the molecule is O=C1O[C@@H]2[C@@H](CS(=O)(=O)N(Cc3ccccc3)[C@H]2COCc2ccccc2)O1. The Hall–Kier alpha value is -2.42. The van der Waals surface area contributed by atoms with Crippen LogP contribution in [0.15, 0.2) is 60.7 Å². The van der Waals surface area contributed by atoms with Gasteiger partial charge in [0, 0.05) is 6.54 Å². The number of sulfonamides is 1. The number of carbonyl (C=O) groups excluding carboxylic acids is 1. The van der Waals surface area contributed by atoms with Gasteiger partial charge in [0.25, 0.3) is 0 Å². The minimum atomic E-state index is -3.65. The predicted octanol–water partition coefficient (Wildman–Crippen LogP) is 2.32. The first-order chi connectivity index (χ1) is 13.5. The van der Waals surface area contributed by atoms with Crippen molar-refractivity contribution in [2.24, 2.45) is 0 Å². The third-order valence-corrected chi connectivity index (χ3v) is 6.77. The Morgan fingerprint density at radius 3 is 2.29 bits per heavy atom. The zero-order valence-corrected chi connectivity index (χ0v) is 16.0. The molecule has 148 valence electrons. The van der Waals surface area contributed by atoms with Gasteiger partial charge in [0.1, 0.15) is 5.75 Å². The second-order valence-corrected chi connectivity index (χ2v) is 8.83. The molecule has 0 unspecified atom stereocenters. The molecule has 2 aliphatic heterocycles. The van der Waals surface area contributed by atoms with E-state index in [2.05, 4.69) is 0 Å². The topological polar surface area (TPSA) is 82.1 Å². The first-order valence-electron chi connectivity index (χ1n) is 9.05. The standard InChI is InChI=1S/C20H21NO6S/c22-20-26-18-14-28(23,24)21(11-15-7-3-1-4-8-15)17(19(18)27-20)13-25-12-16-9-5-2-6-10-16/h1-10,17-19H,11-14H2/t17-,18+,19-/m0/s1. The lowest BCUT2D eigenvalue weighted by Crippen LogP contribution is -2.59. The van der Waals surface area contributed by atoms with Crippen LogP contribution in [0.1, 0.15) is 11.1 Å². The lowest BCUT2D eigenvalue weighted by atomic mass is 10.1. The van der Waals surface area contributed by atoms with Crippen LogP contribution >= 0.6 is 0 Å². The second kappa shape index (κ2) is 7.90. The van der Waals surface area contributed by atoms with Gasteiger partial charge in [0.05, 0.1) is 19.3 Å². The molecule has 2 aromatic rings. The molecule has 0 aliphatic carbocycles. The van der Waals surface area contributed by atoms with E-state index in [1.54, 1.807) is 0 Å². The van der Waals surface area contributed by atoms with Crippen LogP contribution < -0.4 is 0 Å². The third-order valence-electron chi connectivity index (χ3n) is 4.91. The molecule has 0 spiro atoms. The monoisotopic (exact) mass is 403 g/mol. The number of nitrogens with zero attached hydrogens (tertiary/aromatic N) is 1. The van der Waals surface area contributed by atoms with E-state index in [1.165, 1.54) is 4.31 Å². The fourth-order valence-corrected chi connectivity index (χ4v) is 5.37. The van der Waals surface area contributed by atoms with Gasteiger partial charge in [0.15, 0.2) is 12.2 Å². The van der Waals surface area contributed by atoms with Gasteiger partial charge in [-0.1, -0.05) is 60.7 Å².